The van der Waals surface area contributed by atoms with Gasteiger partial charge in [0.1, 0.15) is 0 Å². The molecule has 1 aromatic rings. The van der Waals surface area contributed by atoms with Crippen LogP contribution in [0.2, 0.25) is 0 Å². The van der Waals surface area contributed by atoms with Crippen LogP contribution in [-0.4, -0.2) is 15.4 Å². The SMILES string of the molecule is C[C@]12CC3CC(Nc4ncccc4[N+](=O)[O-])(C1)C[C@@](C)(C3)C2. The Morgan fingerprint density at radius 3 is 2.50 bits per heavy atom. The second-order valence-corrected chi connectivity index (χ2v) is 8.66. The summed E-state index contributed by atoms with van der Waals surface area (Å²) in [5.41, 5.74) is 0.839. The summed E-state index contributed by atoms with van der Waals surface area (Å²) < 4.78 is 0. The van der Waals surface area contributed by atoms with Crippen molar-refractivity contribution < 1.29 is 4.92 Å². The summed E-state index contributed by atoms with van der Waals surface area (Å²) in [6.45, 7) is 4.80. The van der Waals surface area contributed by atoms with Crippen LogP contribution < -0.4 is 5.32 Å². The Hall–Kier alpha value is -1.65. The molecule has 2 unspecified atom stereocenters. The maximum Gasteiger partial charge on any atom is 0.311 e. The average molecular weight is 301 g/mol. The van der Waals surface area contributed by atoms with E-state index < -0.39 is 0 Å². The fraction of sp³-hybridized carbons (Fsp3) is 0.706. The van der Waals surface area contributed by atoms with E-state index in [1.807, 2.05) is 0 Å². The molecule has 4 saturated carbocycles. The lowest BCUT2D eigenvalue weighted by atomic mass is 9.43. The smallest absolute Gasteiger partial charge is 0.311 e. The maximum absolute atomic E-state index is 11.3. The van der Waals surface area contributed by atoms with Gasteiger partial charge in [-0.25, -0.2) is 4.98 Å². The van der Waals surface area contributed by atoms with Crippen molar-refractivity contribution in [2.75, 3.05) is 5.32 Å². The molecule has 5 rings (SSSR count). The van der Waals surface area contributed by atoms with Crippen molar-refractivity contribution in [1.82, 2.24) is 4.98 Å². The quantitative estimate of drug-likeness (QED) is 0.672. The van der Waals surface area contributed by atoms with Crippen molar-refractivity contribution in [2.45, 2.75) is 57.9 Å². The first kappa shape index (κ1) is 14.0. The van der Waals surface area contributed by atoms with Crippen LogP contribution in [0.15, 0.2) is 18.3 Å². The fourth-order valence-corrected chi connectivity index (χ4v) is 6.48. The van der Waals surface area contributed by atoms with Crippen molar-refractivity contribution >= 4 is 11.5 Å². The highest BCUT2D eigenvalue weighted by molar-refractivity contribution is 5.57. The average Bonchev–Trinajstić information content (AvgIpc) is 2.33. The van der Waals surface area contributed by atoms with Gasteiger partial charge in [0.15, 0.2) is 0 Å². The molecule has 0 amide bonds. The number of nitrogens with zero attached hydrogens (tertiary/aromatic N) is 2. The largest absolute Gasteiger partial charge is 0.359 e. The summed E-state index contributed by atoms with van der Waals surface area (Å²) in [5.74, 6) is 1.20. The van der Waals surface area contributed by atoms with Gasteiger partial charge >= 0.3 is 5.69 Å². The number of aromatic nitrogens is 1. The number of pyridine rings is 1. The summed E-state index contributed by atoms with van der Waals surface area (Å²) in [5, 5.41) is 14.8. The molecular weight excluding hydrogens is 278 g/mol. The van der Waals surface area contributed by atoms with E-state index in [4.69, 9.17) is 0 Å². The number of hydrogen-bond acceptors (Lipinski definition) is 4. The first-order valence-corrected chi connectivity index (χ1v) is 8.18. The van der Waals surface area contributed by atoms with E-state index in [-0.39, 0.29) is 16.1 Å². The van der Waals surface area contributed by atoms with E-state index in [1.54, 1.807) is 18.3 Å². The van der Waals surface area contributed by atoms with Gasteiger partial charge in [-0.3, -0.25) is 10.1 Å². The van der Waals surface area contributed by atoms with Gasteiger partial charge in [-0.2, -0.15) is 0 Å². The van der Waals surface area contributed by atoms with Crippen LogP contribution in [0.4, 0.5) is 11.5 Å². The third kappa shape index (κ3) is 2.09. The number of rotatable bonds is 3. The summed E-state index contributed by atoms with van der Waals surface area (Å²) in [6.07, 6.45) is 8.92. The third-order valence-electron chi connectivity index (χ3n) is 5.99. The van der Waals surface area contributed by atoms with Crippen LogP contribution in [0.3, 0.4) is 0 Å². The molecule has 4 aliphatic rings. The number of anilines is 1. The molecule has 0 saturated heterocycles. The fourth-order valence-electron chi connectivity index (χ4n) is 6.48. The molecule has 118 valence electrons. The van der Waals surface area contributed by atoms with Crippen LogP contribution in [0.1, 0.15) is 52.4 Å². The Kier molecular flexibility index (Phi) is 2.67. The Balaban J connectivity index is 1.70. The Labute approximate surface area is 130 Å². The number of nitrogens with one attached hydrogen (secondary N) is 1. The molecule has 0 aromatic carbocycles. The van der Waals surface area contributed by atoms with Crippen molar-refractivity contribution in [3.63, 3.8) is 0 Å². The Bertz CT molecular complexity index is 627. The molecular formula is C17H23N3O2. The summed E-state index contributed by atoms with van der Waals surface area (Å²) >= 11 is 0. The van der Waals surface area contributed by atoms with E-state index >= 15 is 0 Å². The molecule has 5 nitrogen and oxygen atoms in total. The van der Waals surface area contributed by atoms with E-state index in [9.17, 15) is 10.1 Å². The topological polar surface area (TPSA) is 68.1 Å². The lowest BCUT2D eigenvalue weighted by Gasteiger charge is -2.65. The third-order valence-corrected chi connectivity index (χ3v) is 5.99. The molecule has 0 aliphatic heterocycles. The van der Waals surface area contributed by atoms with Crippen molar-refractivity contribution in [2.24, 2.45) is 16.7 Å². The molecule has 4 aliphatic carbocycles. The molecule has 1 aromatic heterocycles. The first-order valence-electron chi connectivity index (χ1n) is 8.18. The predicted molar refractivity (Wildman–Crippen MR) is 84.7 cm³/mol. The predicted octanol–water partition coefficient (Wildman–Crippen LogP) is 4.15. The van der Waals surface area contributed by atoms with Crippen LogP contribution in [0, 0.1) is 26.9 Å². The summed E-state index contributed by atoms with van der Waals surface area (Å²) in [7, 11) is 0. The number of hydrogen-bond donors (Lipinski definition) is 1. The van der Waals surface area contributed by atoms with Gasteiger partial charge in [0.25, 0.3) is 0 Å². The van der Waals surface area contributed by atoms with Crippen LogP contribution in [-0.2, 0) is 0 Å². The lowest BCUT2D eigenvalue weighted by Crippen LogP contribution is -2.61. The van der Waals surface area contributed by atoms with Gasteiger partial charge in [-0.1, -0.05) is 13.8 Å². The zero-order valence-corrected chi connectivity index (χ0v) is 13.3. The Morgan fingerprint density at radius 2 is 1.91 bits per heavy atom. The highest BCUT2D eigenvalue weighted by atomic mass is 16.6. The second kappa shape index (κ2) is 4.21. The molecule has 0 radical (unpaired) electrons. The minimum absolute atomic E-state index is 0.0119. The van der Waals surface area contributed by atoms with E-state index in [1.165, 1.54) is 19.3 Å². The first-order chi connectivity index (χ1) is 10.3. The standard InChI is InChI=1S/C17H23N3O2/c1-15-6-12-7-16(2,9-15)11-17(8-12,10-15)19-14-13(20(21)22)4-3-5-18-14/h3-5,12H,6-11H2,1-2H3,(H,18,19)/t12?,15-,16+,17?. The molecule has 4 atom stereocenters. The van der Waals surface area contributed by atoms with Crippen molar-refractivity contribution in [3.05, 3.63) is 28.4 Å². The van der Waals surface area contributed by atoms with E-state index in [0.29, 0.717) is 16.6 Å². The van der Waals surface area contributed by atoms with Gasteiger partial charge in [-0.05, 0) is 61.3 Å². The van der Waals surface area contributed by atoms with Gasteiger partial charge in [-0.15, -0.1) is 0 Å². The lowest BCUT2D eigenvalue weighted by molar-refractivity contribution is -0.384. The molecule has 1 N–H and O–H groups in total. The minimum atomic E-state index is -0.334. The van der Waals surface area contributed by atoms with Crippen molar-refractivity contribution in [3.8, 4) is 0 Å². The zero-order chi connectivity index (χ0) is 15.6. The van der Waals surface area contributed by atoms with Crippen LogP contribution in [0.25, 0.3) is 0 Å². The highest BCUT2D eigenvalue weighted by Gasteiger charge is 2.60. The van der Waals surface area contributed by atoms with Gasteiger partial charge < -0.3 is 5.32 Å². The van der Waals surface area contributed by atoms with Crippen molar-refractivity contribution in [1.29, 1.82) is 0 Å². The summed E-state index contributed by atoms with van der Waals surface area (Å²) in [4.78, 5) is 15.2. The molecule has 1 heterocycles. The normalized spacial score (nSPS) is 42.4. The molecule has 5 heteroatoms. The monoisotopic (exact) mass is 301 g/mol. The van der Waals surface area contributed by atoms with Crippen LogP contribution in [0.5, 0.6) is 0 Å². The van der Waals surface area contributed by atoms with Gasteiger partial charge in [0.05, 0.1) is 4.92 Å². The minimum Gasteiger partial charge on any atom is -0.359 e. The summed E-state index contributed by atoms with van der Waals surface area (Å²) in [6, 6.07) is 3.17. The van der Waals surface area contributed by atoms with Gasteiger partial charge in [0, 0.05) is 17.8 Å². The highest BCUT2D eigenvalue weighted by Crippen LogP contribution is 2.66. The molecule has 22 heavy (non-hydrogen) atoms. The Morgan fingerprint density at radius 1 is 1.23 bits per heavy atom. The van der Waals surface area contributed by atoms with E-state index in [0.717, 1.165) is 25.2 Å². The van der Waals surface area contributed by atoms with Crippen LogP contribution >= 0.6 is 0 Å². The van der Waals surface area contributed by atoms with E-state index in [2.05, 4.69) is 24.1 Å². The molecule has 4 fully saturated rings. The zero-order valence-electron chi connectivity index (χ0n) is 13.3. The number of nitro groups is 1. The second-order valence-electron chi connectivity index (χ2n) is 8.66. The van der Waals surface area contributed by atoms with Gasteiger partial charge in [0.2, 0.25) is 5.82 Å². The molecule has 0 spiro atoms. The maximum atomic E-state index is 11.3. The molecule has 4 bridgehead atoms.